The van der Waals surface area contributed by atoms with Crippen molar-refractivity contribution in [1.82, 2.24) is 14.8 Å². The van der Waals surface area contributed by atoms with Crippen molar-refractivity contribution in [3.63, 3.8) is 0 Å². The molecule has 112 valence electrons. The first kappa shape index (κ1) is 14.0. The second-order valence-electron chi connectivity index (χ2n) is 5.67. The van der Waals surface area contributed by atoms with E-state index in [1.54, 1.807) is 6.07 Å². The third-order valence-electron chi connectivity index (χ3n) is 4.32. The van der Waals surface area contributed by atoms with Crippen LogP contribution in [0.3, 0.4) is 0 Å². The van der Waals surface area contributed by atoms with Crippen LogP contribution in [0.5, 0.6) is 0 Å². The summed E-state index contributed by atoms with van der Waals surface area (Å²) in [5, 5.41) is 8.98. The van der Waals surface area contributed by atoms with Crippen LogP contribution < -0.4 is 0 Å². The fraction of sp³-hybridized carbons (Fsp3) is 0.533. The number of carbonyl (C=O) groups excluding carboxylic acids is 1. The van der Waals surface area contributed by atoms with Gasteiger partial charge < -0.3 is 10.0 Å². The molecule has 2 aliphatic heterocycles. The minimum Gasteiger partial charge on any atom is -0.477 e. The molecule has 0 radical (unpaired) electrons. The Morgan fingerprint density at radius 3 is 2.86 bits per heavy atom. The van der Waals surface area contributed by atoms with Crippen LogP contribution in [0.15, 0.2) is 18.3 Å². The summed E-state index contributed by atoms with van der Waals surface area (Å²) in [7, 11) is 0. The van der Waals surface area contributed by atoms with E-state index < -0.39 is 5.97 Å². The van der Waals surface area contributed by atoms with Gasteiger partial charge in [0.25, 0.3) is 5.91 Å². The highest BCUT2D eigenvalue weighted by atomic mass is 16.4. The van der Waals surface area contributed by atoms with E-state index in [4.69, 9.17) is 5.11 Å². The summed E-state index contributed by atoms with van der Waals surface area (Å²) in [6, 6.07) is 3.41. The summed E-state index contributed by atoms with van der Waals surface area (Å²) >= 11 is 0. The van der Waals surface area contributed by atoms with Crippen molar-refractivity contribution >= 4 is 11.9 Å². The van der Waals surface area contributed by atoms with Gasteiger partial charge >= 0.3 is 5.97 Å². The van der Waals surface area contributed by atoms with Crippen molar-refractivity contribution < 1.29 is 14.7 Å². The molecule has 6 heteroatoms. The number of carboxylic acid groups (broad SMARTS) is 1. The highest BCUT2D eigenvalue weighted by Crippen LogP contribution is 2.22. The van der Waals surface area contributed by atoms with Gasteiger partial charge in [0.2, 0.25) is 0 Å². The molecular weight excluding hydrogens is 270 g/mol. The molecule has 0 bridgehead atoms. The zero-order valence-electron chi connectivity index (χ0n) is 11.9. The van der Waals surface area contributed by atoms with Crippen LogP contribution in [-0.4, -0.2) is 64.0 Å². The lowest BCUT2D eigenvalue weighted by Crippen LogP contribution is -2.39. The Balaban J connectivity index is 1.77. The fourth-order valence-electron chi connectivity index (χ4n) is 3.25. The van der Waals surface area contributed by atoms with Gasteiger partial charge in [-0.3, -0.25) is 9.69 Å². The molecule has 0 saturated carbocycles. The third kappa shape index (κ3) is 2.90. The molecule has 0 aliphatic carbocycles. The highest BCUT2D eigenvalue weighted by Gasteiger charge is 2.30. The maximum Gasteiger partial charge on any atom is 0.354 e. The van der Waals surface area contributed by atoms with Gasteiger partial charge in [0.05, 0.1) is 0 Å². The van der Waals surface area contributed by atoms with Gasteiger partial charge in [-0.1, -0.05) is 0 Å². The lowest BCUT2D eigenvalue weighted by molar-refractivity contribution is 0.0690. The quantitative estimate of drug-likeness (QED) is 0.882. The molecule has 3 rings (SSSR count). The standard InChI is InChI=1S/C15H19N3O3/c19-14(11-4-5-16-13(9-11)15(20)21)18-8-2-7-17-6-1-3-12(17)10-18/h4-5,9,12H,1-3,6-8,10H2,(H,20,21). The van der Waals surface area contributed by atoms with E-state index in [2.05, 4.69) is 9.88 Å². The van der Waals surface area contributed by atoms with Gasteiger partial charge in [0.15, 0.2) is 0 Å². The topological polar surface area (TPSA) is 73.7 Å². The molecule has 2 saturated heterocycles. The van der Waals surface area contributed by atoms with Crippen LogP contribution in [0.25, 0.3) is 0 Å². The van der Waals surface area contributed by atoms with Gasteiger partial charge in [-0.2, -0.15) is 0 Å². The lowest BCUT2D eigenvalue weighted by atomic mass is 10.1. The SMILES string of the molecule is O=C(O)c1cc(C(=O)N2CCCN3CCCC3C2)ccn1. The van der Waals surface area contributed by atoms with Crippen LogP contribution >= 0.6 is 0 Å². The first-order valence-corrected chi connectivity index (χ1v) is 7.38. The van der Waals surface area contributed by atoms with E-state index in [0.29, 0.717) is 11.6 Å². The lowest BCUT2D eigenvalue weighted by Gasteiger charge is -2.25. The van der Waals surface area contributed by atoms with Crippen LogP contribution in [0.1, 0.15) is 40.1 Å². The minimum atomic E-state index is -1.11. The number of fused-ring (bicyclic) bond motifs is 1. The number of amides is 1. The van der Waals surface area contributed by atoms with Crippen LogP contribution in [0.4, 0.5) is 0 Å². The van der Waals surface area contributed by atoms with Crippen molar-refractivity contribution in [2.45, 2.75) is 25.3 Å². The van der Waals surface area contributed by atoms with E-state index in [1.165, 1.54) is 18.7 Å². The Kier molecular flexibility index (Phi) is 3.88. The summed E-state index contributed by atoms with van der Waals surface area (Å²) in [6.07, 6.45) is 4.70. The molecule has 3 heterocycles. The first-order chi connectivity index (χ1) is 10.1. The van der Waals surface area contributed by atoms with Gasteiger partial charge in [-0.15, -0.1) is 0 Å². The average Bonchev–Trinajstić information content (AvgIpc) is 2.83. The summed E-state index contributed by atoms with van der Waals surface area (Å²) in [6.45, 7) is 3.65. The molecule has 21 heavy (non-hydrogen) atoms. The number of hydrogen-bond donors (Lipinski definition) is 1. The smallest absolute Gasteiger partial charge is 0.354 e. The summed E-state index contributed by atoms with van der Waals surface area (Å²) in [5.74, 6) is -1.20. The normalized spacial score (nSPS) is 22.7. The predicted molar refractivity (Wildman–Crippen MR) is 76.3 cm³/mol. The first-order valence-electron chi connectivity index (χ1n) is 7.38. The summed E-state index contributed by atoms with van der Waals surface area (Å²) < 4.78 is 0. The molecule has 1 atom stereocenters. The Morgan fingerprint density at radius 2 is 2.05 bits per heavy atom. The second-order valence-corrected chi connectivity index (χ2v) is 5.67. The molecule has 1 aromatic heterocycles. The number of rotatable bonds is 2. The number of aromatic nitrogens is 1. The molecule has 1 unspecified atom stereocenters. The number of aromatic carboxylic acids is 1. The van der Waals surface area contributed by atoms with Crippen molar-refractivity contribution in [1.29, 1.82) is 0 Å². The molecule has 1 aromatic rings. The van der Waals surface area contributed by atoms with E-state index in [1.807, 2.05) is 4.90 Å². The maximum absolute atomic E-state index is 12.6. The number of nitrogens with zero attached hydrogens (tertiary/aromatic N) is 3. The largest absolute Gasteiger partial charge is 0.477 e. The fourth-order valence-corrected chi connectivity index (χ4v) is 3.25. The zero-order valence-corrected chi connectivity index (χ0v) is 11.9. The molecule has 1 N–H and O–H groups in total. The van der Waals surface area contributed by atoms with E-state index >= 15 is 0 Å². The minimum absolute atomic E-state index is 0.0850. The molecule has 0 spiro atoms. The second kappa shape index (κ2) is 5.81. The molecule has 6 nitrogen and oxygen atoms in total. The molecular formula is C15H19N3O3. The third-order valence-corrected chi connectivity index (χ3v) is 4.32. The van der Waals surface area contributed by atoms with E-state index in [0.717, 1.165) is 39.0 Å². The Labute approximate surface area is 123 Å². The maximum atomic E-state index is 12.6. The molecule has 2 fully saturated rings. The van der Waals surface area contributed by atoms with Gasteiger partial charge in [-0.05, 0) is 37.9 Å². The van der Waals surface area contributed by atoms with Gasteiger partial charge in [-0.25, -0.2) is 9.78 Å². The number of pyridine rings is 1. The van der Waals surface area contributed by atoms with Crippen molar-refractivity contribution in [2.75, 3.05) is 26.2 Å². The van der Waals surface area contributed by atoms with Crippen molar-refractivity contribution in [3.05, 3.63) is 29.6 Å². The zero-order chi connectivity index (χ0) is 14.8. The van der Waals surface area contributed by atoms with Gasteiger partial charge in [0.1, 0.15) is 5.69 Å². The van der Waals surface area contributed by atoms with Crippen molar-refractivity contribution in [3.8, 4) is 0 Å². The average molecular weight is 289 g/mol. The van der Waals surface area contributed by atoms with Gasteiger partial charge in [0, 0.05) is 37.4 Å². The molecule has 2 aliphatic rings. The number of carbonyl (C=O) groups is 2. The van der Waals surface area contributed by atoms with Crippen LogP contribution in [0, 0.1) is 0 Å². The molecule has 1 amide bonds. The predicted octanol–water partition coefficient (Wildman–Crippen LogP) is 1.09. The Hall–Kier alpha value is -1.95. The highest BCUT2D eigenvalue weighted by molar-refractivity contribution is 5.96. The Morgan fingerprint density at radius 1 is 1.24 bits per heavy atom. The summed E-state index contributed by atoms with van der Waals surface area (Å²) in [4.78, 5) is 31.6. The molecule has 0 aromatic carbocycles. The number of hydrogen-bond acceptors (Lipinski definition) is 4. The Bertz CT molecular complexity index is 561. The number of carboxylic acids is 1. The van der Waals surface area contributed by atoms with Crippen molar-refractivity contribution in [2.24, 2.45) is 0 Å². The monoisotopic (exact) mass is 289 g/mol. The van der Waals surface area contributed by atoms with E-state index in [-0.39, 0.29) is 11.6 Å². The summed E-state index contributed by atoms with van der Waals surface area (Å²) in [5.41, 5.74) is 0.326. The van der Waals surface area contributed by atoms with E-state index in [9.17, 15) is 9.59 Å². The van der Waals surface area contributed by atoms with Crippen LogP contribution in [0.2, 0.25) is 0 Å². The van der Waals surface area contributed by atoms with Crippen LogP contribution in [-0.2, 0) is 0 Å².